The second-order valence-corrected chi connectivity index (χ2v) is 8.19. The molecule has 4 nitrogen and oxygen atoms in total. The fourth-order valence-corrected chi connectivity index (χ4v) is 4.08. The summed E-state index contributed by atoms with van der Waals surface area (Å²) < 4.78 is 14.0. The molecule has 1 atom stereocenters. The third-order valence-electron chi connectivity index (χ3n) is 5.43. The highest BCUT2D eigenvalue weighted by Crippen LogP contribution is 2.43. The van der Waals surface area contributed by atoms with Crippen molar-refractivity contribution < 1.29 is 19.1 Å². The smallest absolute Gasteiger partial charge is 0.300 e. The molecule has 0 aliphatic carbocycles. The molecule has 162 valence electrons. The molecule has 0 spiro atoms. The van der Waals surface area contributed by atoms with Crippen molar-refractivity contribution in [2.75, 3.05) is 4.90 Å². The fourth-order valence-electron chi connectivity index (χ4n) is 3.78. The van der Waals surface area contributed by atoms with Crippen LogP contribution in [0.3, 0.4) is 0 Å². The molecule has 0 radical (unpaired) electrons. The molecule has 7 heteroatoms. The number of aliphatic hydroxyl groups excluding tert-OH is 1. The standard InChI is InChI=1S/C25H18Cl2FNO3/c1-2-14-6-8-15(9-7-14)23(30)21-22(16-10-11-19(26)20(27)12-16)29(25(32)24(21)31)18-5-3-4-17(28)13-18/h3-13,22,30H,2H2,1H3/b23-21-. The van der Waals surface area contributed by atoms with Gasteiger partial charge in [0, 0.05) is 11.3 Å². The number of halogens is 3. The molecule has 1 heterocycles. The molecule has 0 saturated carbocycles. The summed E-state index contributed by atoms with van der Waals surface area (Å²) in [6.45, 7) is 2.00. The number of carbonyl (C=O) groups excluding carboxylic acids is 2. The molecule has 1 fully saturated rings. The van der Waals surface area contributed by atoms with Crippen LogP contribution in [0, 0.1) is 5.82 Å². The number of aryl methyl sites for hydroxylation is 1. The lowest BCUT2D eigenvalue weighted by Crippen LogP contribution is -2.29. The Morgan fingerprint density at radius 1 is 1.00 bits per heavy atom. The fraction of sp³-hybridized carbons (Fsp3) is 0.120. The summed E-state index contributed by atoms with van der Waals surface area (Å²) in [6.07, 6.45) is 0.814. The molecule has 1 unspecified atom stereocenters. The van der Waals surface area contributed by atoms with Gasteiger partial charge in [-0.05, 0) is 47.9 Å². The maximum atomic E-state index is 14.0. The minimum Gasteiger partial charge on any atom is -0.507 e. The van der Waals surface area contributed by atoms with E-state index in [4.69, 9.17) is 23.2 Å². The summed E-state index contributed by atoms with van der Waals surface area (Å²) in [5, 5.41) is 11.6. The zero-order valence-electron chi connectivity index (χ0n) is 17.0. The average molecular weight is 470 g/mol. The molecule has 1 N–H and O–H groups in total. The lowest BCUT2D eigenvalue weighted by atomic mass is 9.94. The van der Waals surface area contributed by atoms with Crippen molar-refractivity contribution in [3.8, 4) is 0 Å². The van der Waals surface area contributed by atoms with Crippen LogP contribution in [0.25, 0.3) is 5.76 Å². The predicted molar refractivity (Wildman–Crippen MR) is 123 cm³/mol. The Balaban J connectivity index is 1.95. The molecular weight excluding hydrogens is 452 g/mol. The number of nitrogens with zero attached hydrogens (tertiary/aromatic N) is 1. The van der Waals surface area contributed by atoms with Gasteiger partial charge in [0.25, 0.3) is 11.7 Å². The van der Waals surface area contributed by atoms with Crippen LogP contribution in [0.5, 0.6) is 0 Å². The van der Waals surface area contributed by atoms with Gasteiger partial charge < -0.3 is 5.11 Å². The van der Waals surface area contributed by atoms with Crippen molar-refractivity contribution in [1.29, 1.82) is 0 Å². The molecule has 1 amide bonds. The van der Waals surface area contributed by atoms with Gasteiger partial charge in [-0.1, -0.05) is 66.5 Å². The number of hydrogen-bond donors (Lipinski definition) is 1. The van der Waals surface area contributed by atoms with Crippen LogP contribution in [0.15, 0.2) is 72.3 Å². The topological polar surface area (TPSA) is 57.6 Å². The summed E-state index contributed by atoms with van der Waals surface area (Å²) in [5.74, 6) is -2.63. The van der Waals surface area contributed by atoms with E-state index in [-0.39, 0.29) is 22.0 Å². The van der Waals surface area contributed by atoms with Crippen molar-refractivity contribution in [2.24, 2.45) is 0 Å². The predicted octanol–water partition coefficient (Wildman–Crippen LogP) is 6.32. The monoisotopic (exact) mass is 469 g/mol. The second-order valence-electron chi connectivity index (χ2n) is 7.37. The number of hydrogen-bond acceptors (Lipinski definition) is 3. The van der Waals surface area contributed by atoms with E-state index in [1.807, 2.05) is 19.1 Å². The SMILES string of the molecule is CCc1ccc(/C(O)=C2/C(=O)C(=O)N(c3cccc(F)c3)C2c2ccc(Cl)c(Cl)c2)cc1. The highest BCUT2D eigenvalue weighted by molar-refractivity contribution is 6.51. The Morgan fingerprint density at radius 3 is 2.34 bits per heavy atom. The van der Waals surface area contributed by atoms with Crippen molar-refractivity contribution in [3.63, 3.8) is 0 Å². The molecule has 0 aromatic heterocycles. The molecule has 0 bridgehead atoms. The molecule has 3 aromatic rings. The van der Waals surface area contributed by atoms with E-state index in [0.29, 0.717) is 16.1 Å². The molecule has 32 heavy (non-hydrogen) atoms. The number of aliphatic hydroxyl groups is 1. The van der Waals surface area contributed by atoms with Gasteiger partial charge in [0.05, 0.1) is 21.7 Å². The summed E-state index contributed by atoms with van der Waals surface area (Å²) in [5.41, 5.74) is 1.98. The third kappa shape index (κ3) is 3.90. The van der Waals surface area contributed by atoms with E-state index < -0.39 is 23.5 Å². The lowest BCUT2D eigenvalue weighted by molar-refractivity contribution is -0.132. The van der Waals surface area contributed by atoms with Crippen molar-refractivity contribution in [2.45, 2.75) is 19.4 Å². The minimum absolute atomic E-state index is 0.109. The molecule has 4 rings (SSSR count). The average Bonchev–Trinajstić information content (AvgIpc) is 3.06. The van der Waals surface area contributed by atoms with Crippen LogP contribution in [-0.4, -0.2) is 16.8 Å². The van der Waals surface area contributed by atoms with Gasteiger partial charge in [0.2, 0.25) is 0 Å². The Morgan fingerprint density at radius 2 is 1.72 bits per heavy atom. The van der Waals surface area contributed by atoms with Gasteiger partial charge in [-0.3, -0.25) is 14.5 Å². The van der Waals surface area contributed by atoms with E-state index >= 15 is 0 Å². The number of ketones is 1. The van der Waals surface area contributed by atoms with Gasteiger partial charge in [-0.2, -0.15) is 0 Å². The summed E-state index contributed by atoms with van der Waals surface area (Å²) in [4.78, 5) is 27.3. The first-order chi connectivity index (χ1) is 15.3. The highest BCUT2D eigenvalue weighted by atomic mass is 35.5. The first-order valence-corrected chi connectivity index (χ1v) is 10.7. The summed E-state index contributed by atoms with van der Waals surface area (Å²) in [7, 11) is 0. The van der Waals surface area contributed by atoms with Crippen molar-refractivity contribution >= 4 is 46.3 Å². The highest BCUT2D eigenvalue weighted by Gasteiger charge is 2.47. The molecule has 1 aliphatic rings. The number of Topliss-reactive ketones (excluding diaryl/α,β-unsaturated/α-hetero) is 1. The maximum Gasteiger partial charge on any atom is 0.300 e. The quantitative estimate of drug-likeness (QED) is 0.276. The van der Waals surface area contributed by atoms with Crippen LogP contribution in [-0.2, 0) is 16.0 Å². The maximum absolute atomic E-state index is 14.0. The van der Waals surface area contributed by atoms with E-state index in [1.54, 1.807) is 24.3 Å². The first-order valence-electron chi connectivity index (χ1n) is 9.92. The van der Waals surface area contributed by atoms with Crippen LogP contribution < -0.4 is 4.90 Å². The largest absolute Gasteiger partial charge is 0.507 e. The number of rotatable bonds is 4. The Hall–Kier alpha value is -3.15. The Kier molecular flexibility index (Phi) is 6.04. The summed E-state index contributed by atoms with van der Waals surface area (Å²) in [6, 6.07) is 16.1. The van der Waals surface area contributed by atoms with Crippen LogP contribution in [0.1, 0.15) is 29.7 Å². The summed E-state index contributed by atoms with van der Waals surface area (Å²) >= 11 is 12.3. The number of amides is 1. The van der Waals surface area contributed by atoms with Gasteiger partial charge in [-0.15, -0.1) is 0 Å². The zero-order valence-corrected chi connectivity index (χ0v) is 18.5. The molecular formula is C25H18Cl2FNO3. The molecule has 3 aromatic carbocycles. The van der Waals surface area contributed by atoms with E-state index in [1.165, 1.54) is 24.3 Å². The number of benzene rings is 3. The van der Waals surface area contributed by atoms with Gasteiger partial charge in [0.15, 0.2) is 0 Å². The second kappa shape index (κ2) is 8.77. The van der Waals surface area contributed by atoms with Gasteiger partial charge in [0.1, 0.15) is 11.6 Å². The van der Waals surface area contributed by atoms with E-state index in [9.17, 15) is 19.1 Å². The van der Waals surface area contributed by atoms with Crippen LogP contribution in [0.4, 0.5) is 10.1 Å². The molecule has 1 aliphatic heterocycles. The van der Waals surface area contributed by atoms with Crippen LogP contribution in [0.2, 0.25) is 10.0 Å². The van der Waals surface area contributed by atoms with Crippen LogP contribution >= 0.6 is 23.2 Å². The van der Waals surface area contributed by atoms with Crippen molar-refractivity contribution in [1.82, 2.24) is 0 Å². The lowest BCUT2D eigenvalue weighted by Gasteiger charge is -2.25. The third-order valence-corrected chi connectivity index (χ3v) is 6.16. The normalized spacial score (nSPS) is 17.8. The molecule has 1 saturated heterocycles. The van der Waals surface area contributed by atoms with Gasteiger partial charge in [-0.25, -0.2) is 4.39 Å². The number of carbonyl (C=O) groups is 2. The van der Waals surface area contributed by atoms with Gasteiger partial charge >= 0.3 is 0 Å². The minimum atomic E-state index is -1.02. The zero-order chi connectivity index (χ0) is 23.0. The number of anilines is 1. The Labute approximate surface area is 194 Å². The Bertz CT molecular complexity index is 1250. The van der Waals surface area contributed by atoms with E-state index in [0.717, 1.165) is 23.0 Å². The first kappa shape index (κ1) is 22.1. The van der Waals surface area contributed by atoms with E-state index in [2.05, 4.69) is 0 Å². The van der Waals surface area contributed by atoms with Crippen molar-refractivity contribution in [3.05, 3.63) is 105 Å².